The van der Waals surface area contributed by atoms with Gasteiger partial charge in [0.25, 0.3) is 5.88 Å². The molecule has 0 atom stereocenters. The predicted octanol–water partition coefficient (Wildman–Crippen LogP) is 0.303. The summed E-state index contributed by atoms with van der Waals surface area (Å²) in [6.45, 7) is 0. The van der Waals surface area contributed by atoms with E-state index in [1.54, 1.807) is 0 Å². The Morgan fingerprint density at radius 1 is 1.27 bits per heavy atom. The predicted molar refractivity (Wildman–Crippen MR) is 42.4 cm³/mol. The molecular weight excluding hydrogens is 168 g/mol. The topological polar surface area (TPSA) is 87.0 Å². The number of anilines is 2. The van der Waals surface area contributed by atoms with Crippen LogP contribution in [0.25, 0.3) is 0 Å². The minimum atomic E-state index is 0.0864. The van der Waals surface area contributed by atoms with E-state index in [-0.39, 0.29) is 22.4 Å². The average molecular weight is 175 g/mol. The second-order valence-corrected chi connectivity index (χ2v) is 2.19. The molecule has 0 aromatic carbocycles. The molecule has 1 aromatic rings. The maximum absolute atomic E-state index is 5.51. The number of nitrogens with two attached hydrogens (primary N) is 2. The number of rotatable bonds is 1. The third-order valence-corrected chi connectivity index (χ3v) is 1.44. The van der Waals surface area contributed by atoms with Crippen molar-refractivity contribution in [3.8, 4) is 5.88 Å². The third kappa shape index (κ3) is 1.27. The molecule has 60 valence electrons. The van der Waals surface area contributed by atoms with E-state index in [9.17, 15) is 0 Å². The summed E-state index contributed by atoms with van der Waals surface area (Å²) >= 11 is 5.51. The fraction of sp³-hybridized carbons (Fsp3) is 0.200. The zero-order valence-electron chi connectivity index (χ0n) is 5.84. The van der Waals surface area contributed by atoms with E-state index in [1.165, 1.54) is 7.11 Å². The molecule has 0 aliphatic heterocycles. The van der Waals surface area contributed by atoms with E-state index in [0.29, 0.717) is 0 Å². The Kier molecular flexibility index (Phi) is 2.00. The summed E-state index contributed by atoms with van der Waals surface area (Å²) in [7, 11) is 1.42. The standard InChI is InChI=1S/C5H7ClN4O/c1-11-5-3(8)2(7)4(6)9-10-5/h1H3,(H2,7,10)(H2,8,9). The van der Waals surface area contributed by atoms with Crippen LogP contribution in [0.1, 0.15) is 0 Å². The molecule has 1 rings (SSSR count). The third-order valence-electron chi connectivity index (χ3n) is 1.16. The van der Waals surface area contributed by atoms with Crippen LogP contribution in [0.5, 0.6) is 5.88 Å². The zero-order valence-corrected chi connectivity index (χ0v) is 6.59. The van der Waals surface area contributed by atoms with Crippen LogP contribution < -0.4 is 16.2 Å². The van der Waals surface area contributed by atoms with Gasteiger partial charge in [0.1, 0.15) is 11.4 Å². The van der Waals surface area contributed by atoms with Gasteiger partial charge in [-0.05, 0) is 0 Å². The number of aromatic nitrogens is 2. The molecule has 1 aromatic heterocycles. The number of ether oxygens (including phenoxy) is 1. The van der Waals surface area contributed by atoms with Gasteiger partial charge in [-0.25, -0.2) is 0 Å². The average Bonchev–Trinajstić information content (AvgIpc) is 2.01. The Bertz CT molecular complexity index is 277. The molecule has 0 aliphatic rings. The molecule has 0 radical (unpaired) electrons. The molecule has 0 saturated carbocycles. The largest absolute Gasteiger partial charge is 0.478 e. The number of hydrogen-bond acceptors (Lipinski definition) is 5. The van der Waals surface area contributed by atoms with Gasteiger partial charge in [-0.3, -0.25) is 0 Å². The molecule has 0 aliphatic carbocycles. The Morgan fingerprint density at radius 3 is 2.45 bits per heavy atom. The van der Waals surface area contributed by atoms with Gasteiger partial charge in [0.05, 0.1) is 7.11 Å². The molecule has 6 heteroatoms. The fourth-order valence-electron chi connectivity index (χ4n) is 0.574. The SMILES string of the molecule is COc1nnc(Cl)c(N)c1N. The van der Waals surface area contributed by atoms with Gasteiger partial charge in [0.15, 0.2) is 5.15 Å². The molecule has 4 N–H and O–H groups in total. The van der Waals surface area contributed by atoms with Gasteiger partial charge < -0.3 is 16.2 Å². The van der Waals surface area contributed by atoms with E-state index in [1.807, 2.05) is 0 Å². The van der Waals surface area contributed by atoms with Gasteiger partial charge in [0, 0.05) is 0 Å². The second-order valence-electron chi connectivity index (χ2n) is 1.83. The first-order valence-electron chi connectivity index (χ1n) is 2.78. The summed E-state index contributed by atoms with van der Waals surface area (Å²) in [5.74, 6) is 0.187. The first-order valence-corrected chi connectivity index (χ1v) is 3.15. The van der Waals surface area contributed by atoms with Gasteiger partial charge in [-0.2, -0.15) is 0 Å². The Balaban J connectivity index is 3.25. The highest BCUT2D eigenvalue weighted by Crippen LogP contribution is 2.28. The highest BCUT2D eigenvalue weighted by atomic mass is 35.5. The molecule has 0 fully saturated rings. The number of nitrogen functional groups attached to an aromatic ring is 2. The van der Waals surface area contributed by atoms with E-state index >= 15 is 0 Å². The van der Waals surface area contributed by atoms with Crippen LogP contribution >= 0.6 is 11.6 Å². The van der Waals surface area contributed by atoms with Crippen LogP contribution in [0.4, 0.5) is 11.4 Å². The molecule has 0 saturated heterocycles. The minimum absolute atomic E-state index is 0.0864. The lowest BCUT2D eigenvalue weighted by Gasteiger charge is -2.04. The van der Waals surface area contributed by atoms with E-state index < -0.39 is 0 Å². The Labute approximate surface area is 68.3 Å². The van der Waals surface area contributed by atoms with Crippen molar-refractivity contribution in [2.24, 2.45) is 0 Å². The van der Waals surface area contributed by atoms with Crippen molar-refractivity contribution in [2.45, 2.75) is 0 Å². The second kappa shape index (κ2) is 2.79. The van der Waals surface area contributed by atoms with Crippen LogP contribution in [0.3, 0.4) is 0 Å². The van der Waals surface area contributed by atoms with Crippen molar-refractivity contribution in [3.63, 3.8) is 0 Å². The van der Waals surface area contributed by atoms with Gasteiger partial charge >= 0.3 is 0 Å². The minimum Gasteiger partial charge on any atom is -0.478 e. The van der Waals surface area contributed by atoms with Crippen molar-refractivity contribution in [2.75, 3.05) is 18.6 Å². The lowest BCUT2D eigenvalue weighted by molar-refractivity contribution is 0.395. The summed E-state index contributed by atoms with van der Waals surface area (Å²) < 4.78 is 4.74. The van der Waals surface area contributed by atoms with Gasteiger partial charge in [-0.1, -0.05) is 11.6 Å². The molecule has 11 heavy (non-hydrogen) atoms. The summed E-state index contributed by atoms with van der Waals surface area (Å²) in [4.78, 5) is 0. The van der Waals surface area contributed by atoms with Gasteiger partial charge in [-0.15, -0.1) is 10.2 Å². The molecule has 0 bridgehead atoms. The lowest BCUT2D eigenvalue weighted by Crippen LogP contribution is -2.02. The number of halogens is 1. The quantitative estimate of drug-likeness (QED) is 0.640. The van der Waals surface area contributed by atoms with Crippen molar-refractivity contribution in [1.29, 1.82) is 0 Å². The van der Waals surface area contributed by atoms with E-state index in [0.717, 1.165) is 0 Å². The first-order chi connectivity index (χ1) is 5.16. The molecule has 0 spiro atoms. The Hall–Kier alpha value is -1.23. The van der Waals surface area contributed by atoms with Crippen molar-refractivity contribution in [1.82, 2.24) is 10.2 Å². The summed E-state index contributed by atoms with van der Waals surface area (Å²) in [5, 5.41) is 7.13. The molecule has 1 heterocycles. The maximum atomic E-state index is 5.51. The first kappa shape index (κ1) is 7.87. The van der Waals surface area contributed by atoms with E-state index in [2.05, 4.69) is 10.2 Å². The van der Waals surface area contributed by atoms with Crippen LogP contribution in [-0.2, 0) is 0 Å². The van der Waals surface area contributed by atoms with Crippen LogP contribution in [-0.4, -0.2) is 17.3 Å². The number of methoxy groups -OCH3 is 1. The van der Waals surface area contributed by atoms with E-state index in [4.69, 9.17) is 27.8 Å². The van der Waals surface area contributed by atoms with Crippen LogP contribution in [0.2, 0.25) is 5.15 Å². The summed E-state index contributed by atoms with van der Waals surface area (Å²) in [6, 6.07) is 0. The number of nitrogens with zero attached hydrogens (tertiary/aromatic N) is 2. The van der Waals surface area contributed by atoms with Crippen molar-refractivity contribution >= 4 is 23.0 Å². The zero-order chi connectivity index (χ0) is 8.43. The van der Waals surface area contributed by atoms with Crippen molar-refractivity contribution in [3.05, 3.63) is 5.15 Å². The lowest BCUT2D eigenvalue weighted by atomic mass is 10.4. The van der Waals surface area contributed by atoms with Crippen molar-refractivity contribution < 1.29 is 4.74 Å². The Morgan fingerprint density at radius 2 is 1.91 bits per heavy atom. The normalized spacial score (nSPS) is 9.64. The number of hydrogen-bond donors (Lipinski definition) is 2. The summed E-state index contributed by atoms with van der Waals surface area (Å²) in [5.41, 5.74) is 11.3. The monoisotopic (exact) mass is 174 g/mol. The summed E-state index contributed by atoms with van der Waals surface area (Å²) in [6.07, 6.45) is 0. The van der Waals surface area contributed by atoms with Crippen LogP contribution in [0.15, 0.2) is 0 Å². The molecule has 0 unspecified atom stereocenters. The molecular formula is C5H7ClN4O. The van der Waals surface area contributed by atoms with Gasteiger partial charge in [0.2, 0.25) is 0 Å². The maximum Gasteiger partial charge on any atom is 0.258 e. The fourth-order valence-corrected chi connectivity index (χ4v) is 0.714. The molecule has 0 amide bonds. The smallest absolute Gasteiger partial charge is 0.258 e. The molecule has 5 nitrogen and oxygen atoms in total. The highest BCUT2D eigenvalue weighted by molar-refractivity contribution is 6.32. The van der Waals surface area contributed by atoms with Crippen LogP contribution in [0, 0.1) is 0 Å². The highest BCUT2D eigenvalue weighted by Gasteiger charge is 2.08.